The van der Waals surface area contributed by atoms with E-state index < -0.39 is 5.60 Å². The molecule has 0 radical (unpaired) electrons. The molecule has 0 amide bonds. The number of rotatable bonds is 3. The molecule has 0 heterocycles. The van der Waals surface area contributed by atoms with Gasteiger partial charge in [-0.1, -0.05) is 69.4 Å². The SMILES string of the molecule is CCC1CCCC(C2(O)CCCCC2c2ccccc2)C1. The number of benzene rings is 1. The average molecular weight is 286 g/mol. The van der Waals surface area contributed by atoms with E-state index >= 15 is 0 Å². The van der Waals surface area contributed by atoms with E-state index in [4.69, 9.17) is 0 Å². The Morgan fingerprint density at radius 1 is 1.05 bits per heavy atom. The molecule has 2 fully saturated rings. The fourth-order valence-electron chi connectivity index (χ4n) is 4.93. The maximum atomic E-state index is 11.6. The van der Waals surface area contributed by atoms with Crippen LogP contribution in [0.3, 0.4) is 0 Å². The fraction of sp³-hybridized carbons (Fsp3) is 0.700. The molecule has 3 rings (SSSR count). The minimum atomic E-state index is -0.451. The van der Waals surface area contributed by atoms with Gasteiger partial charge in [0.1, 0.15) is 0 Å². The highest BCUT2D eigenvalue weighted by Crippen LogP contribution is 2.50. The van der Waals surface area contributed by atoms with Gasteiger partial charge in [-0.3, -0.25) is 0 Å². The van der Waals surface area contributed by atoms with E-state index in [1.165, 1.54) is 50.5 Å². The van der Waals surface area contributed by atoms with Crippen molar-refractivity contribution in [2.75, 3.05) is 0 Å². The van der Waals surface area contributed by atoms with Gasteiger partial charge >= 0.3 is 0 Å². The standard InChI is InChI=1S/C20H30O/c1-2-16-9-8-12-18(15-16)20(21)14-7-6-13-19(20)17-10-4-3-5-11-17/h3-5,10-11,16,18-19,21H,2,6-9,12-15H2,1H3. The highest BCUT2D eigenvalue weighted by atomic mass is 16.3. The Morgan fingerprint density at radius 3 is 2.62 bits per heavy atom. The molecular formula is C20H30O. The Morgan fingerprint density at radius 2 is 1.86 bits per heavy atom. The summed E-state index contributed by atoms with van der Waals surface area (Å²) in [6.07, 6.45) is 11.1. The van der Waals surface area contributed by atoms with Crippen LogP contribution >= 0.6 is 0 Å². The molecule has 1 heteroatoms. The van der Waals surface area contributed by atoms with Crippen molar-refractivity contribution in [1.82, 2.24) is 0 Å². The van der Waals surface area contributed by atoms with Crippen LogP contribution in [-0.4, -0.2) is 10.7 Å². The zero-order valence-corrected chi connectivity index (χ0v) is 13.4. The monoisotopic (exact) mass is 286 g/mol. The van der Waals surface area contributed by atoms with Crippen LogP contribution in [0, 0.1) is 11.8 Å². The first-order valence-electron chi connectivity index (χ1n) is 9.01. The Labute approximate surface area is 129 Å². The van der Waals surface area contributed by atoms with Crippen molar-refractivity contribution >= 4 is 0 Å². The van der Waals surface area contributed by atoms with Crippen molar-refractivity contribution in [3.8, 4) is 0 Å². The first kappa shape index (κ1) is 15.1. The van der Waals surface area contributed by atoms with Crippen molar-refractivity contribution in [3.05, 3.63) is 35.9 Å². The summed E-state index contributed by atoms with van der Waals surface area (Å²) in [5, 5.41) is 11.6. The van der Waals surface area contributed by atoms with Gasteiger partial charge in [0, 0.05) is 5.92 Å². The van der Waals surface area contributed by atoms with Crippen molar-refractivity contribution in [2.24, 2.45) is 11.8 Å². The summed E-state index contributed by atoms with van der Waals surface area (Å²) in [7, 11) is 0. The van der Waals surface area contributed by atoms with Gasteiger partial charge in [0.2, 0.25) is 0 Å². The van der Waals surface area contributed by atoms with Gasteiger partial charge in [-0.05, 0) is 43.1 Å². The van der Waals surface area contributed by atoms with Crippen LogP contribution in [0.15, 0.2) is 30.3 Å². The average Bonchev–Trinajstić information content (AvgIpc) is 2.56. The van der Waals surface area contributed by atoms with Gasteiger partial charge in [0.15, 0.2) is 0 Å². The lowest BCUT2D eigenvalue weighted by atomic mass is 9.61. The molecule has 0 saturated heterocycles. The van der Waals surface area contributed by atoms with E-state index in [2.05, 4.69) is 37.3 Å². The molecule has 2 aliphatic carbocycles. The van der Waals surface area contributed by atoms with E-state index in [0.717, 1.165) is 18.8 Å². The summed E-state index contributed by atoms with van der Waals surface area (Å²) in [6.45, 7) is 2.31. The molecule has 21 heavy (non-hydrogen) atoms. The van der Waals surface area contributed by atoms with E-state index in [0.29, 0.717) is 11.8 Å². The third-order valence-corrected chi connectivity index (χ3v) is 6.19. The molecular weight excluding hydrogens is 256 g/mol. The Kier molecular flexibility index (Phi) is 4.69. The maximum Gasteiger partial charge on any atom is 0.0744 e. The molecule has 0 spiro atoms. The molecule has 0 bridgehead atoms. The normalized spacial score (nSPS) is 37.3. The summed E-state index contributed by atoms with van der Waals surface area (Å²) in [4.78, 5) is 0. The van der Waals surface area contributed by atoms with Crippen molar-refractivity contribution < 1.29 is 5.11 Å². The quantitative estimate of drug-likeness (QED) is 0.800. The topological polar surface area (TPSA) is 20.2 Å². The molecule has 1 aromatic carbocycles. The minimum Gasteiger partial charge on any atom is -0.389 e. The second kappa shape index (κ2) is 6.52. The zero-order valence-electron chi connectivity index (χ0n) is 13.4. The van der Waals surface area contributed by atoms with Gasteiger partial charge in [-0.25, -0.2) is 0 Å². The predicted molar refractivity (Wildman–Crippen MR) is 88.3 cm³/mol. The summed E-state index contributed by atoms with van der Waals surface area (Å²) >= 11 is 0. The maximum absolute atomic E-state index is 11.6. The van der Waals surface area contributed by atoms with Gasteiger partial charge in [-0.15, -0.1) is 0 Å². The summed E-state index contributed by atoms with van der Waals surface area (Å²) in [5.41, 5.74) is 0.909. The van der Waals surface area contributed by atoms with Gasteiger partial charge < -0.3 is 5.11 Å². The van der Waals surface area contributed by atoms with Crippen molar-refractivity contribution in [1.29, 1.82) is 0 Å². The molecule has 116 valence electrons. The van der Waals surface area contributed by atoms with Crippen LogP contribution in [0.2, 0.25) is 0 Å². The summed E-state index contributed by atoms with van der Waals surface area (Å²) < 4.78 is 0. The molecule has 2 aliphatic rings. The molecule has 0 aliphatic heterocycles. The largest absolute Gasteiger partial charge is 0.389 e. The smallest absolute Gasteiger partial charge is 0.0744 e. The van der Waals surface area contributed by atoms with Crippen LogP contribution in [0.4, 0.5) is 0 Å². The second-order valence-electron chi connectivity index (χ2n) is 7.34. The van der Waals surface area contributed by atoms with Crippen LogP contribution < -0.4 is 0 Å². The first-order valence-corrected chi connectivity index (χ1v) is 9.01. The minimum absolute atomic E-state index is 0.355. The molecule has 0 aromatic heterocycles. The fourth-order valence-corrected chi connectivity index (χ4v) is 4.93. The molecule has 1 N–H and O–H groups in total. The van der Waals surface area contributed by atoms with Gasteiger partial charge in [0.05, 0.1) is 5.60 Å². The summed E-state index contributed by atoms with van der Waals surface area (Å²) in [6, 6.07) is 10.8. The van der Waals surface area contributed by atoms with Crippen LogP contribution in [0.1, 0.15) is 76.2 Å². The van der Waals surface area contributed by atoms with Crippen LogP contribution in [-0.2, 0) is 0 Å². The lowest BCUT2D eigenvalue weighted by molar-refractivity contribution is -0.0850. The Balaban J connectivity index is 1.85. The predicted octanol–water partition coefficient (Wildman–Crippen LogP) is 5.29. The second-order valence-corrected chi connectivity index (χ2v) is 7.34. The lowest BCUT2D eigenvalue weighted by Crippen LogP contribution is -2.47. The summed E-state index contributed by atoms with van der Waals surface area (Å²) in [5.74, 6) is 1.71. The first-order chi connectivity index (χ1) is 10.2. The third-order valence-electron chi connectivity index (χ3n) is 6.19. The Bertz CT molecular complexity index is 440. The number of hydrogen-bond acceptors (Lipinski definition) is 1. The van der Waals surface area contributed by atoms with E-state index in [-0.39, 0.29) is 0 Å². The number of aliphatic hydroxyl groups is 1. The third kappa shape index (κ3) is 3.04. The van der Waals surface area contributed by atoms with Crippen molar-refractivity contribution in [3.63, 3.8) is 0 Å². The zero-order chi connectivity index (χ0) is 14.7. The van der Waals surface area contributed by atoms with Crippen LogP contribution in [0.5, 0.6) is 0 Å². The van der Waals surface area contributed by atoms with Gasteiger partial charge in [-0.2, -0.15) is 0 Å². The highest BCUT2D eigenvalue weighted by molar-refractivity contribution is 5.24. The van der Waals surface area contributed by atoms with E-state index in [1.807, 2.05) is 0 Å². The number of hydrogen-bond donors (Lipinski definition) is 1. The molecule has 1 nitrogen and oxygen atoms in total. The lowest BCUT2D eigenvalue weighted by Gasteiger charge is -2.48. The molecule has 4 atom stereocenters. The van der Waals surface area contributed by atoms with Crippen LogP contribution in [0.25, 0.3) is 0 Å². The van der Waals surface area contributed by atoms with E-state index in [9.17, 15) is 5.11 Å². The molecule has 4 unspecified atom stereocenters. The molecule has 1 aromatic rings. The molecule has 2 saturated carbocycles. The highest BCUT2D eigenvalue weighted by Gasteiger charge is 2.46. The van der Waals surface area contributed by atoms with Crippen molar-refractivity contribution in [2.45, 2.75) is 76.2 Å². The van der Waals surface area contributed by atoms with E-state index in [1.54, 1.807) is 0 Å². The Hall–Kier alpha value is -0.820. The van der Waals surface area contributed by atoms with Gasteiger partial charge in [0.25, 0.3) is 0 Å².